The van der Waals surface area contributed by atoms with Crippen LogP contribution in [0.3, 0.4) is 0 Å². The van der Waals surface area contributed by atoms with E-state index >= 15 is 0 Å². The predicted octanol–water partition coefficient (Wildman–Crippen LogP) is 5.17. The highest BCUT2D eigenvalue weighted by atomic mass is 35.5. The Morgan fingerprint density at radius 1 is 1.16 bits per heavy atom. The average Bonchev–Trinajstić information content (AvgIpc) is 3.18. The average molecular weight is 489 g/mol. The molecule has 1 unspecified atom stereocenters. The Labute approximate surface area is 191 Å². The lowest BCUT2D eigenvalue weighted by Crippen LogP contribution is -2.42. The highest BCUT2D eigenvalue weighted by Gasteiger charge is 2.59. The van der Waals surface area contributed by atoms with Gasteiger partial charge in [0.2, 0.25) is 5.60 Å². The monoisotopic (exact) mass is 488 g/mol. The van der Waals surface area contributed by atoms with Crippen molar-refractivity contribution in [2.24, 2.45) is 0 Å². The number of amides is 1. The largest absolute Gasteiger partial charge is 0.453 e. The number of carbonyl (C=O) groups is 2. The number of aryl methyl sites for hydroxylation is 1. The lowest BCUT2D eigenvalue weighted by molar-refractivity contribution is -0.269. The molecule has 32 heavy (non-hydrogen) atoms. The van der Waals surface area contributed by atoms with Gasteiger partial charge < -0.3 is 10.1 Å². The second-order valence-corrected chi connectivity index (χ2v) is 7.82. The standard InChI is InChI=1S/C21H17Cl2F3N2O4/c1-11-5-12(3-4-16(11)18(29)10-27-19(30)31-2)17-9-20(32-28-17,21(24,25)26)13-6-14(22)8-15(23)7-13/h3-9,28H,10H2,1-2H3,(H,27,30). The van der Waals surface area contributed by atoms with Crippen molar-refractivity contribution in [3.05, 3.63) is 74.8 Å². The molecule has 1 heterocycles. The molecular formula is C21H17Cl2F3N2O4. The molecule has 0 radical (unpaired) electrons. The van der Waals surface area contributed by atoms with E-state index < -0.39 is 17.9 Å². The number of rotatable bonds is 5. The summed E-state index contributed by atoms with van der Waals surface area (Å²) in [5, 5.41) is 2.34. The highest BCUT2D eigenvalue weighted by molar-refractivity contribution is 6.34. The second kappa shape index (κ2) is 9.01. The highest BCUT2D eigenvalue weighted by Crippen LogP contribution is 2.48. The molecule has 2 aromatic rings. The minimum Gasteiger partial charge on any atom is -0.453 e. The molecule has 11 heteroatoms. The summed E-state index contributed by atoms with van der Waals surface area (Å²) in [6, 6.07) is 8.03. The first-order chi connectivity index (χ1) is 15.0. The Bertz CT molecular complexity index is 1080. The maximum Gasteiger partial charge on any atom is 0.428 e. The van der Waals surface area contributed by atoms with Gasteiger partial charge in [-0.25, -0.2) is 4.79 Å². The fraction of sp³-hybridized carbons (Fsp3) is 0.238. The molecule has 0 aromatic heterocycles. The summed E-state index contributed by atoms with van der Waals surface area (Å²) in [5.41, 5.74) is 0.429. The van der Waals surface area contributed by atoms with Crippen LogP contribution >= 0.6 is 23.2 Å². The van der Waals surface area contributed by atoms with Crippen molar-refractivity contribution in [2.45, 2.75) is 18.7 Å². The summed E-state index contributed by atoms with van der Waals surface area (Å²) >= 11 is 11.8. The Hall–Kier alpha value is -2.75. The Balaban J connectivity index is 1.95. The number of benzene rings is 2. The number of ether oxygens (including phenoxy) is 1. The van der Waals surface area contributed by atoms with Gasteiger partial charge in [0.25, 0.3) is 0 Å². The zero-order chi connectivity index (χ0) is 23.7. The van der Waals surface area contributed by atoms with Gasteiger partial charge >= 0.3 is 12.3 Å². The van der Waals surface area contributed by atoms with Crippen LogP contribution in [0.2, 0.25) is 10.0 Å². The SMILES string of the molecule is COC(=O)NCC(=O)c1ccc(C2=CC(c3cc(Cl)cc(Cl)c3)(C(F)(F)F)ON2)cc1C. The van der Waals surface area contributed by atoms with Crippen LogP contribution in [-0.2, 0) is 15.2 Å². The minimum absolute atomic E-state index is 0.0286. The number of carbonyl (C=O) groups excluding carboxylic acids is 2. The molecule has 0 spiro atoms. The van der Waals surface area contributed by atoms with Gasteiger partial charge in [-0.3, -0.25) is 15.1 Å². The van der Waals surface area contributed by atoms with Crippen molar-refractivity contribution in [1.29, 1.82) is 0 Å². The molecule has 2 N–H and O–H groups in total. The van der Waals surface area contributed by atoms with Crippen molar-refractivity contribution in [3.8, 4) is 0 Å². The van der Waals surface area contributed by atoms with Gasteiger partial charge in [0.15, 0.2) is 5.78 Å². The molecule has 3 rings (SSSR count). The van der Waals surface area contributed by atoms with E-state index in [1.807, 2.05) is 0 Å². The van der Waals surface area contributed by atoms with E-state index in [0.29, 0.717) is 16.7 Å². The number of halogens is 5. The lowest BCUT2D eigenvalue weighted by atomic mass is 9.91. The number of alkyl halides is 3. The number of methoxy groups -OCH3 is 1. The van der Waals surface area contributed by atoms with Gasteiger partial charge in [0.05, 0.1) is 19.4 Å². The van der Waals surface area contributed by atoms with Crippen LogP contribution in [0.25, 0.3) is 5.70 Å². The first kappa shape index (κ1) is 23.9. The van der Waals surface area contributed by atoms with Crippen LogP contribution in [0.15, 0.2) is 42.5 Å². The molecule has 0 bridgehead atoms. The number of hydrogen-bond acceptors (Lipinski definition) is 5. The van der Waals surface area contributed by atoms with Crippen LogP contribution in [0, 0.1) is 6.92 Å². The van der Waals surface area contributed by atoms with Gasteiger partial charge in [-0.15, -0.1) is 0 Å². The Kier molecular flexibility index (Phi) is 6.73. The van der Waals surface area contributed by atoms with Gasteiger partial charge in [-0.2, -0.15) is 13.2 Å². The van der Waals surface area contributed by atoms with Gasteiger partial charge in [0.1, 0.15) is 0 Å². The maximum atomic E-state index is 14.1. The third-order valence-electron chi connectivity index (χ3n) is 4.80. The van der Waals surface area contributed by atoms with Gasteiger partial charge in [0, 0.05) is 21.2 Å². The van der Waals surface area contributed by atoms with E-state index in [-0.39, 0.29) is 33.6 Å². The fourth-order valence-electron chi connectivity index (χ4n) is 3.22. The predicted molar refractivity (Wildman–Crippen MR) is 112 cm³/mol. The minimum atomic E-state index is -4.83. The molecule has 1 atom stereocenters. The topological polar surface area (TPSA) is 76.7 Å². The number of Topliss-reactive ketones (excluding diaryl/α,β-unsaturated/α-hetero) is 1. The summed E-state index contributed by atoms with van der Waals surface area (Å²) in [6.07, 6.45) is -4.70. The number of alkyl carbamates (subject to hydrolysis) is 1. The molecule has 0 aliphatic carbocycles. The Morgan fingerprint density at radius 3 is 2.38 bits per heavy atom. The number of nitrogens with one attached hydrogen (secondary N) is 2. The number of hydroxylamine groups is 1. The molecule has 1 amide bonds. The smallest absolute Gasteiger partial charge is 0.428 e. The summed E-state index contributed by atoms with van der Waals surface area (Å²) in [6.45, 7) is 1.34. The Morgan fingerprint density at radius 2 is 1.81 bits per heavy atom. The molecule has 1 aliphatic heterocycles. The van der Waals surface area contributed by atoms with Gasteiger partial charge in [-0.05, 0) is 48.4 Å². The van der Waals surface area contributed by atoms with Crippen LogP contribution in [-0.4, -0.2) is 31.7 Å². The molecule has 2 aromatic carbocycles. The van der Waals surface area contributed by atoms with Crippen LogP contribution in [0.4, 0.5) is 18.0 Å². The third kappa shape index (κ3) is 4.69. The van der Waals surface area contributed by atoms with E-state index in [1.54, 1.807) is 6.92 Å². The maximum absolute atomic E-state index is 14.1. The summed E-state index contributed by atoms with van der Waals surface area (Å²) in [5.74, 6) is -0.387. The molecule has 6 nitrogen and oxygen atoms in total. The first-order valence-electron chi connectivity index (χ1n) is 9.13. The molecule has 1 aliphatic rings. The normalized spacial score (nSPS) is 18.0. The van der Waals surface area contributed by atoms with Crippen molar-refractivity contribution in [3.63, 3.8) is 0 Å². The summed E-state index contributed by atoms with van der Waals surface area (Å²) in [7, 11) is 1.17. The second-order valence-electron chi connectivity index (χ2n) is 6.95. The van der Waals surface area contributed by atoms with E-state index in [1.165, 1.54) is 31.4 Å². The summed E-state index contributed by atoms with van der Waals surface area (Å²) in [4.78, 5) is 28.5. The summed E-state index contributed by atoms with van der Waals surface area (Å²) < 4.78 is 46.7. The van der Waals surface area contributed by atoms with E-state index in [0.717, 1.165) is 18.2 Å². The van der Waals surface area contributed by atoms with Crippen molar-refractivity contribution in [2.75, 3.05) is 13.7 Å². The zero-order valence-corrected chi connectivity index (χ0v) is 18.3. The molecule has 0 saturated carbocycles. The quantitative estimate of drug-likeness (QED) is 0.567. The van der Waals surface area contributed by atoms with Crippen molar-refractivity contribution >= 4 is 40.8 Å². The molecular weight excluding hydrogens is 472 g/mol. The zero-order valence-electron chi connectivity index (χ0n) is 16.8. The van der Waals surface area contributed by atoms with Gasteiger partial charge in [-0.1, -0.05) is 35.3 Å². The van der Waals surface area contributed by atoms with E-state index in [2.05, 4.69) is 15.5 Å². The van der Waals surface area contributed by atoms with Crippen LogP contribution < -0.4 is 10.8 Å². The number of hydrogen-bond donors (Lipinski definition) is 2. The lowest BCUT2D eigenvalue weighted by Gasteiger charge is -2.28. The van der Waals surface area contributed by atoms with Crippen LogP contribution in [0.1, 0.15) is 27.0 Å². The van der Waals surface area contributed by atoms with Crippen molar-refractivity contribution in [1.82, 2.24) is 10.8 Å². The van der Waals surface area contributed by atoms with Crippen LogP contribution in [0.5, 0.6) is 0 Å². The molecule has 170 valence electrons. The first-order valence-corrected chi connectivity index (χ1v) is 9.88. The third-order valence-corrected chi connectivity index (χ3v) is 5.24. The fourth-order valence-corrected chi connectivity index (χ4v) is 3.74. The number of ketones is 1. The van der Waals surface area contributed by atoms with E-state index in [9.17, 15) is 22.8 Å². The van der Waals surface area contributed by atoms with Crippen molar-refractivity contribution < 1.29 is 32.3 Å². The van der Waals surface area contributed by atoms with E-state index in [4.69, 9.17) is 28.0 Å². The molecule has 0 saturated heterocycles. The molecule has 0 fully saturated rings.